The van der Waals surface area contributed by atoms with Crippen LogP contribution in [0.25, 0.3) is 0 Å². The molecule has 1 aromatic rings. The van der Waals surface area contributed by atoms with E-state index in [-0.39, 0.29) is 25.4 Å². The molecular weight excluding hydrogens is 336 g/mol. The Hall–Kier alpha value is -3.08. The maximum Gasteiger partial charge on any atom is 0.408 e. The zero-order valence-corrected chi connectivity index (χ0v) is 14.9. The summed E-state index contributed by atoms with van der Waals surface area (Å²) < 4.78 is 5.11. The molecule has 4 N–H and O–H groups in total. The number of amides is 3. The Bertz CT molecular complexity index is 655. The quantitative estimate of drug-likeness (QED) is 0.608. The number of ether oxygens (including phenoxy) is 1. The number of hydrogen-bond donors (Lipinski definition) is 3. The van der Waals surface area contributed by atoms with E-state index in [1.807, 2.05) is 36.4 Å². The topological polar surface area (TPSA) is 134 Å². The highest BCUT2D eigenvalue weighted by atomic mass is 16.5. The fraction of sp³-hybridized carbons (Fsp3) is 0.444. The average Bonchev–Trinajstić information content (AvgIpc) is 2.61. The fourth-order valence-corrected chi connectivity index (χ4v) is 2.18. The summed E-state index contributed by atoms with van der Waals surface area (Å²) in [5.41, 5.74) is 6.06. The van der Waals surface area contributed by atoms with Gasteiger partial charge in [-0.3, -0.25) is 9.59 Å². The second-order valence-electron chi connectivity index (χ2n) is 6.09. The highest BCUT2D eigenvalue weighted by Gasteiger charge is 2.28. The Kier molecular flexibility index (Phi) is 8.64. The van der Waals surface area contributed by atoms with Gasteiger partial charge in [0.25, 0.3) is 0 Å². The minimum absolute atomic E-state index is 0.0746. The molecule has 0 aromatic heterocycles. The number of nitrogens with zero attached hydrogens (tertiary/aromatic N) is 1. The predicted octanol–water partition coefficient (Wildman–Crippen LogP) is 1.21. The van der Waals surface area contributed by atoms with Gasteiger partial charge in [-0.15, -0.1) is 0 Å². The van der Waals surface area contributed by atoms with Crippen LogP contribution in [0.1, 0.15) is 32.3 Å². The van der Waals surface area contributed by atoms with Crippen molar-refractivity contribution in [1.82, 2.24) is 10.6 Å². The van der Waals surface area contributed by atoms with Gasteiger partial charge in [-0.05, 0) is 17.9 Å². The molecule has 1 rings (SSSR count). The third-order valence-corrected chi connectivity index (χ3v) is 3.64. The number of benzene rings is 1. The number of nitriles is 1. The first kappa shape index (κ1) is 21.0. The van der Waals surface area contributed by atoms with Crippen LogP contribution in [0, 0.1) is 17.2 Å². The van der Waals surface area contributed by atoms with Gasteiger partial charge in [-0.1, -0.05) is 44.2 Å². The van der Waals surface area contributed by atoms with E-state index in [1.165, 1.54) is 0 Å². The second-order valence-corrected chi connectivity index (χ2v) is 6.09. The molecule has 8 nitrogen and oxygen atoms in total. The third-order valence-electron chi connectivity index (χ3n) is 3.64. The van der Waals surface area contributed by atoms with E-state index in [0.717, 1.165) is 5.56 Å². The number of rotatable bonds is 9. The Morgan fingerprint density at radius 2 is 1.85 bits per heavy atom. The maximum absolute atomic E-state index is 12.4. The lowest BCUT2D eigenvalue weighted by atomic mass is 10.0. The van der Waals surface area contributed by atoms with Crippen molar-refractivity contribution in [2.75, 3.05) is 0 Å². The number of carbonyl (C=O) groups excluding carboxylic acids is 3. The molecule has 140 valence electrons. The van der Waals surface area contributed by atoms with Crippen molar-refractivity contribution in [2.24, 2.45) is 11.7 Å². The van der Waals surface area contributed by atoms with Gasteiger partial charge < -0.3 is 21.1 Å². The van der Waals surface area contributed by atoms with Crippen molar-refractivity contribution >= 4 is 17.9 Å². The smallest absolute Gasteiger partial charge is 0.408 e. The Balaban J connectivity index is 2.63. The van der Waals surface area contributed by atoms with Crippen LogP contribution in [0.3, 0.4) is 0 Å². The van der Waals surface area contributed by atoms with Gasteiger partial charge in [-0.2, -0.15) is 5.26 Å². The molecule has 0 aliphatic rings. The molecule has 8 heteroatoms. The Morgan fingerprint density at radius 3 is 2.38 bits per heavy atom. The SMILES string of the molecule is CC(C)[C@@H](NC(=O)OCc1ccccc1)C(=O)N[C@@H](CCC#N)C(N)=O. The van der Waals surface area contributed by atoms with E-state index in [9.17, 15) is 14.4 Å². The zero-order chi connectivity index (χ0) is 19.5. The van der Waals surface area contributed by atoms with Crippen LogP contribution in [0.2, 0.25) is 0 Å². The maximum atomic E-state index is 12.4. The van der Waals surface area contributed by atoms with Crippen LogP contribution >= 0.6 is 0 Å². The van der Waals surface area contributed by atoms with E-state index in [2.05, 4.69) is 10.6 Å². The number of hydrogen-bond acceptors (Lipinski definition) is 5. The second kappa shape index (κ2) is 10.7. The van der Waals surface area contributed by atoms with Gasteiger partial charge in [0.05, 0.1) is 6.07 Å². The minimum Gasteiger partial charge on any atom is -0.445 e. The first-order valence-corrected chi connectivity index (χ1v) is 8.29. The van der Waals surface area contributed by atoms with Crippen LogP contribution in [0.15, 0.2) is 30.3 Å². The first-order chi connectivity index (χ1) is 12.3. The summed E-state index contributed by atoms with van der Waals surface area (Å²) in [5, 5.41) is 13.6. The van der Waals surface area contributed by atoms with Crippen molar-refractivity contribution in [2.45, 2.75) is 45.4 Å². The molecule has 0 aliphatic heterocycles. The number of primary amides is 1. The molecule has 0 heterocycles. The summed E-state index contributed by atoms with van der Waals surface area (Å²) in [5.74, 6) is -1.54. The van der Waals surface area contributed by atoms with Crippen LogP contribution in [-0.2, 0) is 20.9 Å². The van der Waals surface area contributed by atoms with Gasteiger partial charge in [0, 0.05) is 6.42 Å². The van der Waals surface area contributed by atoms with Crippen molar-refractivity contribution < 1.29 is 19.1 Å². The Labute approximate surface area is 152 Å². The molecule has 0 fully saturated rings. The molecular formula is C18H24N4O4. The summed E-state index contributed by atoms with van der Waals surface area (Å²) in [6, 6.07) is 9.15. The number of alkyl carbamates (subject to hydrolysis) is 1. The zero-order valence-electron chi connectivity index (χ0n) is 14.9. The van der Waals surface area contributed by atoms with Crippen LogP contribution in [-0.4, -0.2) is 30.0 Å². The van der Waals surface area contributed by atoms with Gasteiger partial charge in [0.2, 0.25) is 11.8 Å². The highest BCUT2D eigenvalue weighted by molar-refractivity contribution is 5.90. The molecule has 0 saturated heterocycles. The molecule has 0 radical (unpaired) electrons. The standard InChI is InChI=1S/C18H24N4O4/c1-12(2)15(17(24)21-14(16(20)23)9-6-10-19)22-18(25)26-11-13-7-4-3-5-8-13/h3-5,7-8,12,14-15H,6,9,11H2,1-2H3,(H2,20,23)(H,21,24)(H,22,25)/t14-,15+/m0/s1. The van der Waals surface area contributed by atoms with E-state index in [1.54, 1.807) is 13.8 Å². The van der Waals surface area contributed by atoms with Gasteiger partial charge in [-0.25, -0.2) is 4.79 Å². The first-order valence-electron chi connectivity index (χ1n) is 8.29. The molecule has 1 aromatic carbocycles. The molecule has 0 aliphatic carbocycles. The third kappa shape index (κ3) is 7.21. The predicted molar refractivity (Wildman–Crippen MR) is 94.4 cm³/mol. The Morgan fingerprint density at radius 1 is 1.19 bits per heavy atom. The molecule has 0 saturated carbocycles. The summed E-state index contributed by atoms with van der Waals surface area (Å²) in [6.45, 7) is 3.57. The van der Waals surface area contributed by atoms with Gasteiger partial charge in [0.15, 0.2) is 0 Å². The fourth-order valence-electron chi connectivity index (χ4n) is 2.18. The lowest BCUT2D eigenvalue weighted by Crippen LogP contribution is -2.54. The number of carbonyl (C=O) groups is 3. The van der Waals surface area contributed by atoms with Crippen molar-refractivity contribution in [1.29, 1.82) is 5.26 Å². The molecule has 0 spiro atoms. The average molecular weight is 360 g/mol. The van der Waals surface area contributed by atoms with E-state index >= 15 is 0 Å². The van der Waals surface area contributed by atoms with E-state index < -0.39 is 30.0 Å². The summed E-state index contributed by atoms with van der Waals surface area (Å²) in [4.78, 5) is 35.8. The minimum atomic E-state index is -0.967. The van der Waals surface area contributed by atoms with Crippen LogP contribution < -0.4 is 16.4 Å². The van der Waals surface area contributed by atoms with Crippen molar-refractivity contribution in [3.8, 4) is 6.07 Å². The van der Waals surface area contributed by atoms with Crippen LogP contribution in [0.5, 0.6) is 0 Å². The summed E-state index contributed by atoms with van der Waals surface area (Å²) >= 11 is 0. The van der Waals surface area contributed by atoms with Crippen molar-refractivity contribution in [3.63, 3.8) is 0 Å². The lowest BCUT2D eigenvalue weighted by Gasteiger charge is -2.23. The summed E-state index contributed by atoms with van der Waals surface area (Å²) in [7, 11) is 0. The van der Waals surface area contributed by atoms with Crippen LogP contribution in [0.4, 0.5) is 4.79 Å². The molecule has 26 heavy (non-hydrogen) atoms. The monoisotopic (exact) mass is 360 g/mol. The summed E-state index contributed by atoms with van der Waals surface area (Å²) in [6.07, 6.45) is -0.552. The molecule has 0 bridgehead atoms. The largest absolute Gasteiger partial charge is 0.445 e. The lowest BCUT2D eigenvalue weighted by molar-refractivity contribution is -0.129. The molecule has 0 unspecified atom stereocenters. The normalized spacial score (nSPS) is 12.5. The number of nitrogens with two attached hydrogens (primary N) is 1. The van der Waals surface area contributed by atoms with Gasteiger partial charge >= 0.3 is 6.09 Å². The van der Waals surface area contributed by atoms with Crippen molar-refractivity contribution in [3.05, 3.63) is 35.9 Å². The molecule has 2 atom stereocenters. The van der Waals surface area contributed by atoms with E-state index in [0.29, 0.717) is 0 Å². The van der Waals surface area contributed by atoms with Gasteiger partial charge in [0.1, 0.15) is 18.7 Å². The highest BCUT2D eigenvalue weighted by Crippen LogP contribution is 2.06. The molecule has 3 amide bonds. The van der Waals surface area contributed by atoms with E-state index in [4.69, 9.17) is 15.7 Å². The number of nitrogens with one attached hydrogen (secondary N) is 2.